The number of phenolic OH excluding ortho intramolecular Hbond substituents is 1. The number of aromatic hydroxyl groups is 1. The molecule has 0 aliphatic rings. The first-order valence-electron chi connectivity index (χ1n) is 7.13. The molecule has 3 nitrogen and oxygen atoms in total. The molecule has 1 N–H and O–H groups in total. The Balaban J connectivity index is 0.00000106. The van der Waals surface area contributed by atoms with Crippen LogP contribution in [0.2, 0.25) is 0 Å². The van der Waals surface area contributed by atoms with Gasteiger partial charge in [-0.3, -0.25) is 4.79 Å². The highest BCUT2D eigenvalue weighted by Gasteiger charge is 2.11. The smallest absolute Gasteiger partial charge is 0.197 e. The molecule has 0 aliphatic heterocycles. The van der Waals surface area contributed by atoms with E-state index in [-0.39, 0.29) is 16.6 Å². The van der Waals surface area contributed by atoms with Gasteiger partial charge in [0.15, 0.2) is 5.43 Å². The standard InChI is InChI=1S/C16H16O3.C2H6/c1-4-6-11(5-2)14-9-13(18)16-12(17)7-10(3)8-15(16)19-14;1-2/h4-9,17H,1-3H3;1-2H3/b6-4-,11-5+;. The molecule has 0 bridgehead atoms. The summed E-state index contributed by atoms with van der Waals surface area (Å²) in [4.78, 5) is 12.1. The van der Waals surface area contributed by atoms with Crippen molar-refractivity contribution >= 4 is 16.5 Å². The topological polar surface area (TPSA) is 50.4 Å². The van der Waals surface area contributed by atoms with Crippen molar-refractivity contribution in [2.75, 3.05) is 0 Å². The van der Waals surface area contributed by atoms with Crippen molar-refractivity contribution in [2.24, 2.45) is 0 Å². The molecular formula is C18H22O3. The van der Waals surface area contributed by atoms with Gasteiger partial charge in [-0.2, -0.15) is 0 Å². The molecule has 0 atom stereocenters. The van der Waals surface area contributed by atoms with Gasteiger partial charge in [0, 0.05) is 11.6 Å². The minimum atomic E-state index is -0.238. The van der Waals surface area contributed by atoms with Gasteiger partial charge in [-0.1, -0.05) is 32.1 Å². The van der Waals surface area contributed by atoms with E-state index in [1.54, 1.807) is 12.1 Å². The zero-order chi connectivity index (χ0) is 16.0. The third-order valence-corrected chi connectivity index (χ3v) is 2.90. The van der Waals surface area contributed by atoms with Gasteiger partial charge < -0.3 is 9.52 Å². The monoisotopic (exact) mass is 286 g/mol. The summed E-state index contributed by atoms with van der Waals surface area (Å²) >= 11 is 0. The van der Waals surface area contributed by atoms with E-state index >= 15 is 0 Å². The molecule has 1 heterocycles. The van der Waals surface area contributed by atoms with Crippen LogP contribution in [0.4, 0.5) is 0 Å². The quantitative estimate of drug-likeness (QED) is 0.806. The van der Waals surface area contributed by atoms with Gasteiger partial charge in [-0.05, 0) is 38.5 Å². The predicted molar refractivity (Wildman–Crippen MR) is 88.7 cm³/mol. The summed E-state index contributed by atoms with van der Waals surface area (Å²) in [5, 5.41) is 10.1. The first-order valence-corrected chi connectivity index (χ1v) is 7.13. The molecule has 1 aromatic heterocycles. The van der Waals surface area contributed by atoms with Crippen molar-refractivity contribution in [2.45, 2.75) is 34.6 Å². The maximum atomic E-state index is 12.1. The predicted octanol–water partition coefficient (Wildman–Crippen LogP) is 4.81. The first kappa shape index (κ1) is 16.8. The minimum Gasteiger partial charge on any atom is -0.507 e. The number of benzene rings is 1. The molecule has 0 aliphatic carbocycles. The van der Waals surface area contributed by atoms with Crippen molar-refractivity contribution in [3.63, 3.8) is 0 Å². The largest absolute Gasteiger partial charge is 0.507 e. The van der Waals surface area contributed by atoms with E-state index in [4.69, 9.17) is 4.42 Å². The molecule has 0 saturated heterocycles. The van der Waals surface area contributed by atoms with Crippen molar-refractivity contribution in [1.29, 1.82) is 0 Å². The van der Waals surface area contributed by atoms with Crippen molar-refractivity contribution in [3.8, 4) is 5.75 Å². The molecule has 0 fully saturated rings. The van der Waals surface area contributed by atoms with Gasteiger partial charge in [0.2, 0.25) is 0 Å². The van der Waals surface area contributed by atoms with Crippen LogP contribution in [0, 0.1) is 6.92 Å². The van der Waals surface area contributed by atoms with Gasteiger partial charge in [-0.25, -0.2) is 0 Å². The van der Waals surface area contributed by atoms with Gasteiger partial charge >= 0.3 is 0 Å². The Morgan fingerprint density at radius 1 is 1.19 bits per heavy atom. The summed E-state index contributed by atoms with van der Waals surface area (Å²) in [6.45, 7) is 9.63. The Labute approximate surface area is 125 Å². The average molecular weight is 286 g/mol. The number of phenols is 1. The van der Waals surface area contributed by atoms with Crippen LogP contribution >= 0.6 is 0 Å². The number of allylic oxidation sites excluding steroid dienone is 4. The second kappa shape index (κ2) is 7.48. The van der Waals surface area contributed by atoms with E-state index < -0.39 is 0 Å². The average Bonchev–Trinajstić information content (AvgIpc) is 2.45. The van der Waals surface area contributed by atoms with Gasteiger partial charge in [0.25, 0.3) is 0 Å². The van der Waals surface area contributed by atoms with Crippen LogP contribution in [0.3, 0.4) is 0 Å². The highest BCUT2D eigenvalue weighted by atomic mass is 16.3. The Kier molecular flexibility index (Phi) is 5.97. The molecular weight excluding hydrogens is 264 g/mol. The molecule has 0 unspecified atom stereocenters. The molecule has 0 radical (unpaired) electrons. The number of hydrogen-bond donors (Lipinski definition) is 1. The van der Waals surface area contributed by atoms with Crippen molar-refractivity contribution in [1.82, 2.24) is 0 Å². The van der Waals surface area contributed by atoms with E-state index in [1.165, 1.54) is 6.07 Å². The second-order valence-corrected chi connectivity index (χ2v) is 4.38. The van der Waals surface area contributed by atoms with Crippen LogP contribution in [0.15, 0.2) is 45.6 Å². The van der Waals surface area contributed by atoms with E-state index in [2.05, 4.69) is 0 Å². The highest BCUT2D eigenvalue weighted by molar-refractivity contribution is 5.85. The lowest BCUT2D eigenvalue weighted by molar-refractivity contribution is 0.478. The second-order valence-electron chi connectivity index (χ2n) is 4.38. The lowest BCUT2D eigenvalue weighted by atomic mass is 10.1. The summed E-state index contributed by atoms with van der Waals surface area (Å²) in [6, 6.07) is 4.72. The van der Waals surface area contributed by atoms with Gasteiger partial charge in [-0.15, -0.1) is 0 Å². The van der Waals surface area contributed by atoms with Crippen molar-refractivity contribution < 1.29 is 9.52 Å². The lowest BCUT2D eigenvalue weighted by Crippen LogP contribution is -2.02. The zero-order valence-corrected chi connectivity index (χ0v) is 13.2. The SMILES string of the molecule is C/C=C\C(=C/C)c1cc(=O)c2c(O)cc(C)cc2o1.CC. The Hall–Kier alpha value is -2.29. The molecule has 0 amide bonds. The van der Waals surface area contributed by atoms with E-state index in [1.807, 2.05) is 52.8 Å². The van der Waals surface area contributed by atoms with Crippen LogP contribution in [-0.4, -0.2) is 5.11 Å². The summed E-state index contributed by atoms with van der Waals surface area (Å²) in [5.41, 5.74) is 1.85. The summed E-state index contributed by atoms with van der Waals surface area (Å²) in [5.74, 6) is 0.464. The number of rotatable bonds is 2. The van der Waals surface area contributed by atoms with Crippen LogP contribution < -0.4 is 5.43 Å². The maximum absolute atomic E-state index is 12.1. The first-order chi connectivity index (χ1) is 10.1. The summed E-state index contributed by atoms with van der Waals surface area (Å²) in [7, 11) is 0. The van der Waals surface area contributed by atoms with Gasteiger partial charge in [0.05, 0.1) is 0 Å². The summed E-state index contributed by atoms with van der Waals surface area (Å²) < 4.78 is 5.73. The number of hydrogen-bond acceptors (Lipinski definition) is 3. The highest BCUT2D eigenvalue weighted by Crippen LogP contribution is 2.26. The van der Waals surface area contributed by atoms with E-state index in [0.29, 0.717) is 11.3 Å². The fourth-order valence-electron chi connectivity index (χ4n) is 2.04. The Bertz CT molecular complexity index is 734. The fraction of sp³-hybridized carbons (Fsp3) is 0.278. The molecule has 112 valence electrons. The molecule has 2 aromatic rings. The molecule has 2 rings (SSSR count). The molecule has 0 saturated carbocycles. The zero-order valence-electron chi connectivity index (χ0n) is 13.2. The molecule has 1 aromatic carbocycles. The maximum Gasteiger partial charge on any atom is 0.197 e. The lowest BCUT2D eigenvalue weighted by Gasteiger charge is -2.06. The third kappa shape index (κ3) is 3.63. The van der Waals surface area contributed by atoms with Gasteiger partial charge in [0.1, 0.15) is 22.5 Å². The molecule has 0 spiro atoms. The van der Waals surface area contributed by atoms with Crippen LogP contribution in [0.5, 0.6) is 5.75 Å². The van der Waals surface area contributed by atoms with Crippen molar-refractivity contribution in [3.05, 3.63) is 58.0 Å². The van der Waals surface area contributed by atoms with Crippen LogP contribution in [0.25, 0.3) is 16.5 Å². The summed E-state index contributed by atoms with van der Waals surface area (Å²) in [6.07, 6.45) is 5.63. The Morgan fingerprint density at radius 2 is 1.86 bits per heavy atom. The van der Waals surface area contributed by atoms with Crippen LogP contribution in [0.1, 0.15) is 39.0 Å². The van der Waals surface area contributed by atoms with E-state index in [0.717, 1.165) is 11.1 Å². The Morgan fingerprint density at radius 3 is 2.43 bits per heavy atom. The number of fused-ring (bicyclic) bond motifs is 1. The number of aryl methyl sites for hydroxylation is 1. The van der Waals surface area contributed by atoms with Crippen LogP contribution in [-0.2, 0) is 0 Å². The third-order valence-electron chi connectivity index (χ3n) is 2.90. The molecule has 3 heteroatoms. The van der Waals surface area contributed by atoms with E-state index in [9.17, 15) is 9.90 Å². The normalized spacial score (nSPS) is 11.6. The minimum absolute atomic E-state index is 0.0386. The molecule has 21 heavy (non-hydrogen) atoms. The fourth-order valence-corrected chi connectivity index (χ4v) is 2.04.